The van der Waals surface area contributed by atoms with E-state index in [-0.39, 0.29) is 0 Å². The second kappa shape index (κ2) is 3.53. The highest BCUT2D eigenvalue weighted by atomic mass is 32.1. The molecule has 4 heteroatoms. The maximum atomic E-state index is 4.55. The van der Waals surface area contributed by atoms with E-state index in [0.29, 0.717) is 5.92 Å². The molecule has 14 heavy (non-hydrogen) atoms. The summed E-state index contributed by atoms with van der Waals surface area (Å²) in [5.41, 5.74) is 1.15. The van der Waals surface area contributed by atoms with Crippen molar-refractivity contribution in [2.45, 2.75) is 19.8 Å². The van der Waals surface area contributed by atoms with Gasteiger partial charge in [0.1, 0.15) is 0 Å². The third-order valence-electron chi connectivity index (χ3n) is 2.13. The van der Waals surface area contributed by atoms with E-state index in [2.05, 4.69) is 29.2 Å². The van der Waals surface area contributed by atoms with Gasteiger partial charge in [-0.25, -0.2) is 9.97 Å². The standard InChI is InChI=1S/C10H13N3S/c1-7(2)8-6-14-10(12-8)9-11-4-5-13(9)3/h4-7H,1-3H3. The van der Waals surface area contributed by atoms with Gasteiger partial charge in [0, 0.05) is 24.8 Å². The van der Waals surface area contributed by atoms with Crippen LogP contribution in [0.4, 0.5) is 0 Å². The fourth-order valence-electron chi connectivity index (χ4n) is 1.23. The van der Waals surface area contributed by atoms with Gasteiger partial charge in [0.05, 0.1) is 5.69 Å². The minimum atomic E-state index is 0.486. The first-order chi connectivity index (χ1) is 6.68. The molecule has 0 spiro atoms. The number of aromatic nitrogens is 3. The van der Waals surface area contributed by atoms with Crippen LogP contribution in [-0.2, 0) is 7.05 Å². The number of thiazole rings is 1. The lowest BCUT2D eigenvalue weighted by molar-refractivity contribution is 0.830. The summed E-state index contributed by atoms with van der Waals surface area (Å²) in [5.74, 6) is 1.43. The van der Waals surface area contributed by atoms with Crippen molar-refractivity contribution >= 4 is 11.3 Å². The van der Waals surface area contributed by atoms with Crippen molar-refractivity contribution in [1.82, 2.24) is 14.5 Å². The number of hydrogen-bond acceptors (Lipinski definition) is 3. The molecule has 0 fully saturated rings. The molecule has 2 aromatic heterocycles. The molecular weight excluding hydrogens is 194 g/mol. The van der Waals surface area contributed by atoms with E-state index in [1.54, 1.807) is 17.5 Å². The number of nitrogens with zero attached hydrogens (tertiary/aromatic N) is 3. The van der Waals surface area contributed by atoms with Gasteiger partial charge in [-0.2, -0.15) is 0 Å². The Hall–Kier alpha value is -1.16. The highest BCUT2D eigenvalue weighted by Gasteiger charge is 2.10. The molecule has 0 amide bonds. The molecule has 2 rings (SSSR count). The van der Waals surface area contributed by atoms with Gasteiger partial charge in [0.15, 0.2) is 10.8 Å². The molecule has 2 heterocycles. The maximum absolute atomic E-state index is 4.55. The molecular formula is C10H13N3S. The van der Waals surface area contributed by atoms with Crippen LogP contribution in [0.15, 0.2) is 17.8 Å². The summed E-state index contributed by atoms with van der Waals surface area (Å²) in [6.07, 6.45) is 3.73. The molecule has 0 radical (unpaired) electrons. The molecule has 0 unspecified atom stereocenters. The third-order valence-corrected chi connectivity index (χ3v) is 2.98. The van der Waals surface area contributed by atoms with Crippen molar-refractivity contribution in [1.29, 1.82) is 0 Å². The lowest BCUT2D eigenvalue weighted by atomic mass is 10.2. The summed E-state index contributed by atoms with van der Waals surface area (Å²) >= 11 is 1.66. The van der Waals surface area contributed by atoms with Crippen LogP contribution in [0.5, 0.6) is 0 Å². The van der Waals surface area contributed by atoms with Gasteiger partial charge < -0.3 is 4.57 Å². The van der Waals surface area contributed by atoms with Gasteiger partial charge >= 0.3 is 0 Å². The average molecular weight is 207 g/mol. The van der Waals surface area contributed by atoms with Gasteiger partial charge in [-0.3, -0.25) is 0 Å². The molecule has 0 aromatic carbocycles. The number of hydrogen-bond donors (Lipinski definition) is 0. The first kappa shape index (κ1) is 9.40. The number of imidazole rings is 1. The molecule has 3 nitrogen and oxygen atoms in total. The van der Waals surface area contributed by atoms with Crippen molar-refractivity contribution in [2.24, 2.45) is 7.05 Å². The predicted octanol–water partition coefficient (Wildman–Crippen LogP) is 2.67. The van der Waals surface area contributed by atoms with Crippen LogP contribution in [-0.4, -0.2) is 14.5 Å². The van der Waals surface area contributed by atoms with E-state index in [1.807, 2.05) is 17.8 Å². The lowest BCUT2D eigenvalue weighted by Crippen LogP contribution is -1.92. The van der Waals surface area contributed by atoms with E-state index >= 15 is 0 Å². The van der Waals surface area contributed by atoms with Crippen LogP contribution in [0.3, 0.4) is 0 Å². The summed E-state index contributed by atoms with van der Waals surface area (Å²) in [5, 5.41) is 3.11. The van der Waals surface area contributed by atoms with Gasteiger partial charge in [0.2, 0.25) is 0 Å². The van der Waals surface area contributed by atoms with Crippen LogP contribution in [0.2, 0.25) is 0 Å². The van der Waals surface area contributed by atoms with Crippen molar-refractivity contribution in [3.63, 3.8) is 0 Å². The van der Waals surface area contributed by atoms with Crippen molar-refractivity contribution in [3.8, 4) is 10.8 Å². The number of aryl methyl sites for hydroxylation is 1. The largest absolute Gasteiger partial charge is 0.332 e. The van der Waals surface area contributed by atoms with Crippen LogP contribution in [0, 0.1) is 0 Å². The molecule has 0 bridgehead atoms. The Morgan fingerprint density at radius 2 is 2.21 bits per heavy atom. The lowest BCUT2D eigenvalue weighted by Gasteiger charge is -1.98. The Morgan fingerprint density at radius 1 is 1.43 bits per heavy atom. The molecule has 0 N–H and O–H groups in total. The first-order valence-corrected chi connectivity index (χ1v) is 5.49. The van der Waals surface area contributed by atoms with Crippen LogP contribution < -0.4 is 0 Å². The minimum absolute atomic E-state index is 0.486. The summed E-state index contributed by atoms with van der Waals surface area (Å²) in [7, 11) is 1.98. The highest BCUT2D eigenvalue weighted by molar-refractivity contribution is 7.13. The van der Waals surface area contributed by atoms with E-state index < -0.39 is 0 Å². The van der Waals surface area contributed by atoms with Gasteiger partial charge in [0.25, 0.3) is 0 Å². The monoisotopic (exact) mass is 207 g/mol. The molecule has 0 aliphatic carbocycles. The molecule has 74 valence electrons. The SMILES string of the molecule is CC(C)c1csc(-c2nccn2C)n1. The smallest absolute Gasteiger partial charge is 0.168 e. The average Bonchev–Trinajstić information content (AvgIpc) is 2.71. The zero-order valence-corrected chi connectivity index (χ0v) is 9.38. The number of rotatable bonds is 2. The quantitative estimate of drug-likeness (QED) is 0.758. The molecule has 0 saturated carbocycles. The third kappa shape index (κ3) is 1.57. The maximum Gasteiger partial charge on any atom is 0.168 e. The van der Waals surface area contributed by atoms with E-state index in [4.69, 9.17) is 0 Å². The molecule has 0 saturated heterocycles. The highest BCUT2D eigenvalue weighted by Crippen LogP contribution is 2.24. The normalized spacial score (nSPS) is 11.1. The Balaban J connectivity index is 2.39. The zero-order valence-electron chi connectivity index (χ0n) is 8.56. The van der Waals surface area contributed by atoms with Crippen molar-refractivity contribution < 1.29 is 0 Å². The molecule has 0 atom stereocenters. The Kier molecular flexibility index (Phi) is 2.37. The summed E-state index contributed by atoms with van der Waals surface area (Å²) in [6.45, 7) is 4.30. The Labute approximate surface area is 87.4 Å². The van der Waals surface area contributed by atoms with E-state index in [9.17, 15) is 0 Å². The van der Waals surface area contributed by atoms with Crippen LogP contribution >= 0.6 is 11.3 Å². The van der Waals surface area contributed by atoms with Crippen molar-refractivity contribution in [2.75, 3.05) is 0 Å². The fourth-order valence-corrected chi connectivity index (χ4v) is 2.24. The van der Waals surface area contributed by atoms with Gasteiger partial charge in [-0.15, -0.1) is 11.3 Å². The second-order valence-corrected chi connectivity index (χ2v) is 4.45. The van der Waals surface area contributed by atoms with Crippen molar-refractivity contribution in [3.05, 3.63) is 23.5 Å². The summed E-state index contributed by atoms with van der Waals surface area (Å²) in [4.78, 5) is 8.82. The fraction of sp³-hybridized carbons (Fsp3) is 0.400. The molecule has 0 aliphatic heterocycles. The van der Waals surface area contributed by atoms with Crippen LogP contribution in [0.1, 0.15) is 25.5 Å². The van der Waals surface area contributed by atoms with E-state index in [0.717, 1.165) is 16.5 Å². The zero-order chi connectivity index (χ0) is 10.1. The van der Waals surface area contributed by atoms with E-state index in [1.165, 1.54) is 0 Å². The summed E-state index contributed by atoms with van der Waals surface area (Å²) < 4.78 is 1.99. The summed E-state index contributed by atoms with van der Waals surface area (Å²) in [6, 6.07) is 0. The Morgan fingerprint density at radius 3 is 2.71 bits per heavy atom. The predicted molar refractivity (Wildman–Crippen MR) is 58.4 cm³/mol. The topological polar surface area (TPSA) is 30.7 Å². The minimum Gasteiger partial charge on any atom is -0.332 e. The Bertz CT molecular complexity index is 428. The van der Waals surface area contributed by atoms with Gasteiger partial charge in [-0.1, -0.05) is 13.8 Å². The molecule has 2 aromatic rings. The van der Waals surface area contributed by atoms with Gasteiger partial charge in [-0.05, 0) is 5.92 Å². The first-order valence-electron chi connectivity index (χ1n) is 4.61. The van der Waals surface area contributed by atoms with Crippen LogP contribution in [0.25, 0.3) is 10.8 Å². The second-order valence-electron chi connectivity index (χ2n) is 3.59. The molecule has 0 aliphatic rings.